The average molecular weight is 208 g/mol. The highest BCUT2D eigenvalue weighted by Crippen LogP contribution is 2.38. The van der Waals surface area contributed by atoms with Crippen LogP contribution in [0.1, 0.15) is 12.5 Å². The molecule has 0 atom stereocenters. The maximum atomic E-state index is 9.77. The van der Waals surface area contributed by atoms with Crippen molar-refractivity contribution in [3.8, 4) is 11.5 Å². The van der Waals surface area contributed by atoms with Crippen molar-refractivity contribution in [2.24, 2.45) is 0 Å². The number of aryl methyl sites for hydroxylation is 1. The molecule has 0 saturated carbocycles. The first-order valence-electron chi connectivity index (χ1n) is 4.54. The Morgan fingerprint density at radius 1 is 1.50 bits per heavy atom. The van der Waals surface area contributed by atoms with Gasteiger partial charge in [0.15, 0.2) is 0 Å². The molecule has 0 saturated heterocycles. The second-order valence-electron chi connectivity index (χ2n) is 3.09. The molecule has 1 N–H and O–H groups in total. The molecule has 3 heteroatoms. The van der Waals surface area contributed by atoms with Crippen LogP contribution in [0.3, 0.4) is 0 Å². The zero-order valence-corrected chi connectivity index (χ0v) is 9.02. The summed E-state index contributed by atoms with van der Waals surface area (Å²) >= 11 is 1.64. The zero-order valence-electron chi connectivity index (χ0n) is 8.20. The number of phenols is 1. The number of rotatable bonds is 2. The zero-order chi connectivity index (χ0) is 10.1. The number of benzene rings is 1. The van der Waals surface area contributed by atoms with Gasteiger partial charge in [0.1, 0.15) is 11.5 Å². The highest BCUT2D eigenvalue weighted by Gasteiger charge is 2.11. The monoisotopic (exact) mass is 208 g/mol. The molecule has 0 aliphatic heterocycles. The van der Waals surface area contributed by atoms with Gasteiger partial charge in [-0.25, -0.2) is 0 Å². The molecule has 0 fully saturated rings. The van der Waals surface area contributed by atoms with Gasteiger partial charge in [-0.1, -0.05) is 6.92 Å². The fourth-order valence-corrected chi connectivity index (χ4v) is 2.68. The van der Waals surface area contributed by atoms with Crippen LogP contribution < -0.4 is 4.74 Å². The molecular weight excluding hydrogens is 196 g/mol. The molecule has 1 aromatic carbocycles. The third kappa shape index (κ3) is 1.24. The highest BCUT2D eigenvalue weighted by atomic mass is 32.1. The van der Waals surface area contributed by atoms with Crippen LogP contribution in [-0.4, -0.2) is 12.2 Å². The average Bonchev–Trinajstić information content (AvgIpc) is 2.65. The molecule has 0 bridgehead atoms. The lowest BCUT2D eigenvalue weighted by atomic mass is 10.1. The fourth-order valence-electron chi connectivity index (χ4n) is 1.65. The van der Waals surface area contributed by atoms with Crippen LogP contribution >= 0.6 is 11.3 Å². The van der Waals surface area contributed by atoms with Gasteiger partial charge in [-0.05, 0) is 17.9 Å². The van der Waals surface area contributed by atoms with E-state index in [4.69, 9.17) is 4.74 Å². The van der Waals surface area contributed by atoms with Crippen molar-refractivity contribution in [2.75, 3.05) is 7.11 Å². The van der Waals surface area contributed by atoms with Crippen LogP contribution in [0, 0.1) is 0 Å². The van der Waals surface area contributed by atoms with Crippen LogP contribution in [0.4, 0.5) is 0 Å². The molecule has 2 nitrogen and oxygen atoms in total. The van der Waals surface area contributed by atoms with Crippen molar-refractivity contribution in [3.63, 3.8) is 0 Å². The van der Waals surface area contributed by atoms with E-state index in [1.165, 1.54) is 0 Å². The number of hydrogen-bond acceptors (Lipinski definition) is 3. The molecule has 0 aliphatic rings. The topological polar surface area (TPSA) is 29.5 Å². The molecule has 2 rings (SSSR count). The number of hydrogen-bond donors (Lipinski definition) is 1. The van der Waals surface area contributed by atoms with Crippen molar-refractivity contribution in [1.29, 1.82) is 0 Å². The number of phenolic OH excluding ortho intramolecular Hbond substituents is 1. The lowest BCUT2D eigenvalue weighted by molar-refractivity contribution is 0.412. The van der Waals surface area contributed by atoms with E-state index in [0.717, 1.165) is 27.8 Å². The van der Waals surface area contributed by atoms with E-state index in [-0.39, 0.29) is 0 Å². The largest absolute Gasteiger partial charge is 0.507 e. The van der Waals surface area contributed by atoms with Gasteiger partial charge in [-0.2, -0.15) is 0 Å². The SMILES string of the molecule is CCc1c(O)cc(OC)c2ccsc12. The number of ether oxygens (including phenoxy) is 1. The van der Waals surface area contributed by atoms with E-state index in [1.807, 2.05) is 18.4 Å². The quantitative estimate of drug-likeness (QED) is 0.821. The molecule has 1 heterocycles. The van der Waals surface area contributed by atoms with E-state index in [0.29, 0.717) is 5.75 Å². The maximum Gasteiger partial charge on any atom is 0.131 e. The van der Waals surface area contributed by atoms with E-state index in [9.17, 15) is 5.11 Å². The van der Waals surface area contributed by atoms with Crippen molar-refractivity contribution >= 4 is 21.4 Å². The molecule has 2 aromatic rings. The fraction of sp³-hybridized carbons (Fsp3) is 0.273. The maximum absolute atomic E-state index is 9.77. The Labute approximate surface area is 86.8 Å². The molecule has 0 amide bonds. The van der Waals surface area contributed by atoms with Crippen LogP contribution in [0.25, 0.3) is 10.1 Å². The summed E-state index contributed by atoms with van der Waals surface area (Å²) in [6.45, 7) is 2.04. The van der Waals surface area contributed by atoms with Gasteiger partial charge in [-0.3, -0.25) is 0 Å². The Bertz CT molecular complexity index is 460. The van der Waals surface area contributed by atoms with Crippen LogP contribution in [0.5, 0.6) is 11.5 Å². The Morgan fingerprint density at radius 2 is 2.29 bits per heavy atom. The lowest BCUT2D eigenvalue weighted by Gasteiger charge is -2.07. The minimum Gasteiger partial charge on any atom is -0.507 e. The summed E-state index contributed by atoms with van der Waals surface area (Å²) in [7, 11) is 1.62. The molecule has 0 spiro atoms. The van der Waals surface area contributed by atoms with Crippen LogP contribution in [0.2, 0.25) is 0 Å². The second-order valence-corrected chi connectivity index (χ2v) is 4.01. The Hall–Kier alpha value is -1.22. The summed E-state index contributed by atoms with van der Waals surface area (Å²) in [5.74, 6) is 1.08. The van der Waals surface area contributed by atoms with Crippen molar-refractivity contribution in [3.05, 3.63) is 23.1 Å². The smallest absolute Gasteiger partial charge is 0.131 e. The number of fused-ring (bicyclic) bond motifs is 1. The Balaban J connectivity index is 2.81. The second kappa shape index (κ2) is 3.50. The molecule has 0 aliphatic carbocycles. The first kappa shape index (κ1) is 9.34. The summed E-state index contributed by atoms with van der Waals surface area (Å²) in [6.07, 6.45) is 0.840. The number of aromatic hydroxyl groups is 1. The van der Waals surface area contributed by atoms with E-state index >= 15 is 0 Å². The molecule has 14 heavy (non-hydrogen) atoms. The minimum absolute atomic E-state index is 0.333. The summed E-state index contributed by atoms with van der Waals surface area (Å²) < 4.78 is 6.34. The van der Waals surface area contributed by atoms with Crippen molar-refractivity contribution in [1.82, 2.24) is 0 Å². The van der Waals surface area contributed by atoms with Gasteiger partial charge in [0, 0.05) is 21.7 Å². The summed E-state index contributed by atoms with van der Waals surface area (Å²) in [5.41, 5.74) is 1.01. The van der Waals surface area contributed by atoms with Gasteiger partial charge in [0.05, 0.1) is 7.11 Å². The third-order valence-electron chi connectivity index (χ3n) is 2.36. The summed E-state index contributed by atoms with van der Waals surface area (Å²) in [4.78, 5) is 0. The van der Waals surface area contributed by atoms with Gasteiger partial charge >= 0.3 is 0 Å². The molecule has 0 radical (unpaired) electrons. The number of thiophene rings is 1. The van der Waals surface area contributed by atoms with E-state index < -0.39 is 0 Å². The predicted molar refractivity (Wildman–Crippen MR) is 59.4 cm³/mol. The van der Waals surface area contributed by atoms with Gasteiger partial charge in [-0.15, -0.1) is 11.3 Å². The van der Waals surface area contributed by atoms with Gasteiger partial charge < -0.3 is 9.84 Å². The van der Waals surface area contributed by atoms with E-state index in [1.54, 1.807) is 24.5 Å². The van der Waals surface area contributed by atoms with Gasteiger partial charge in [0.2, 0.25) is 0 Å². The normalized spacial score (nSPS) is 10.7. The summed E-state index contributed by atoms with van der Waals surface area (Å²) in [5, 5.41) is 12.9. The standard InChI is InChI=1S/C11H12O2S/c1-3-7-9(12)6-10(13-2)8-4-5-14-11(7)8/h4-6,12H,3H2,1-2H3. The lowest BCUT2D eigenvalue weighted by Crippen LogP contribution is -1.87. The molecule has 1 aromatic heterocycles. The van der Waals surface area contributed by atoms with Crippen LogP contribution in [0.15, 0.2) is 17.5 Å². The first-order valence-corrected chi connectivity index (χ1v) is 5.42. The highest BCUT2D eigenvalue weighted by molar-refractivity contribution is 7.17. The van der Waals surface area contributed by atoms with Crippen LogP contribution in [-0.2, 0) is 6.42 Å². The molecular formula is C11H12O2S. The first-order chi connectivity index (χ1) is 6.77. The Kier molecular flexibility index (Phi) is 2.33. The van der Waals surface area contributed by atoms with Gasteiger partial charge in [0.25, 0.3) is 0 Å². The Morgan fingerprint density at radius 3 is 2.93 bits per heavy atom. The van der Waals surface area contributed by atoms with E-state index in [2.05, 4.69) is 0 Å². The predicted octanol–water partition coefficient (Wildman–Crippen LogP) is 3.18. The molecule has 0 unspecified atom stereocenters. The molecule has 74 valence electrons. The van der Waals surface area contributed by atoms with Crippen molar-refractivity contribution < 1.29 is 9.84 Å². The minimum atomic E-state index is 0.333. The van der Waals surface area contributed by atoms with Crippen molar-refractivity contribution in [2.45, 2.75) is 13.3 Å². The number of methoxy groups -OCH3 is 1. The third-order valence-corrected chi connectivity index (χ3v) is 3.33. The summed E-state index contributed by atoms with van der Waals surface area (Å²) in [6, 6.07) is 3.71.